The van der Waals surface area contributed by atoms with Crippen molar-refractivity contribution in [3.8, 4) is 0 Å². The van der Waals surface area contributed by atoms with Crippen molar-refractivity contribution >= 4 is 17.5 Å². The molecule has 1 aromatic carbocycles. The summed E-state index contributed by atoms with van der Waals surface area (Å²) >= 11 is 5.76. The van der Waals surface area contributed by atoms with Crippen LogP contribution in [0, 0.1) is 5.82 Å². The third-order valence-electron chi connectivity index (χ3n) is 3.97. The molecule has 1 fully saturated rings. The Kier molecular flexibility index (Phi) is 5.19. The highest BCUT2D eigenvalue weighted by atomic mass is 35.5. The van der Waals surface area contributed by atoms with Crippen LogP contribution in [0.2, 0.25) is 5.02 Å². The van der Waals surface area contributed by atoms with Gasteiger partial charge in [-0.25, -0.2) is 4.39 Å². The maximum absolute atomic E-state index is 13.5. The van der Waals surface area contributed by atoms with Crippen molar-refractivity contribution in [2.75, 3.05) is 26.7 Å². The summed E-state index contributed by atoms with van der Waals surface area (Å²) in [5, 5.41) is 13.4. The quantitative estimate of drug-likeness (QED) is 0.894. The van der Waals surface area contributed by atoms with Crippen LogP contribution in [0.15, 0.2) is 18.2 Å². The number of nitrogens with zero attached hydrogens (tertiary/aromatic N) is 1. The fourth-order valence-electron chi connectivity index (χ4n) is 2.46. The molecule has 1 aromatic rings. The number of hydrogen-bond donors (Lipinski definition) is 2. The highest BCUT2D eigenvalue weighted by Gasteiger charge is 2.30. The monoisotopic (exact) mass is 314 g/mol. The van der Waals surface area contributed by atoms with Crippen molar-refractivity contribution in [3.05, 3.63) is 34.6 Å². The molecule has 0 radical (unpaired) electrons. The third kappa shape index (κ3) is 4.40. The Morgan fingerprint density at radius 3 is 2.81 bits per heavy atom. The van der Waals surface area contributed by atoms with Gasteiger partial charge in [-0.05, 0) is 44.5 Å². The number of nitrogens with one attached hydrogen (secondary N) is 1. The van der Waals surface area contributed by atoms with E-state index in [0.29, 0.717) is 30.8 Å². The Morgan fingerprint density at radius 1 is 1.48 bits per heavy atom. The topological polar surface area (TPSA) is 52.6 Å². The molecule has 1 amide bonds. The summed E-state index contributed by atoms with van der Waals surface area (Å²) in [6.45, 7) is 1.99. The van der Waals surface area contributed by atoms with Crippen LogP contribution in [0.3, 0.4) is 0 Å². The summed E-state index contributed by atoms with van der Waals surface area (Å²) in [6, 6.07) is 3.87. The highest BCUT2D eigenvalue weighted by molar-refractivity contribution is 6.30. The van der Waals surface area contributed by atoms with E-state index in [1.54, 1.807) is 0 Å². The molecular weight excluding hydrogens is 295 g/mol. The molecule has 21 heavy (non-hydrogen) atoms. The first kappa shape index (κ1) is 16.2. The molecule has 1 saturated heterocycles. The molecule has 0 unspecified atom stereocenters. The first-order chi connectivity index (χ1) is 9.89. The highest BCUT2D eigenvalue weighted by Crippen LogP contribution is 2.24. The molecule has 0 atom stereocenters. The van der Waals surface area contributed by atoms with E-state index in [1.807, 2.05) is 7.05 Å². The number of hydrogen-bond acceptors (Lipinski definition) is 3. The van der Waals surface area contributed by atoms with Gasteiger partial charge < -0.3 is 15.3 Å². The normalized spacial score (nSPS) is 18.5. The molecule has 4 nitrogen and oxygen atoms in total. The molecule has 0 saturated carbocycles. The average molecular weight is 315 g/mol. The van der Waals surface area contributed by atoms with Crippen molar-refractivity contribution in [3.63, 3.8) is 0 Å². The molecule has 0 aromatic heterocycles. The van der Waals surface area contributed by atoms with E-state index in [4.69, 9.17) is 11.6 Å². The van der Waals surface area contributed by atoms with Crippen LogP contribution in [0.25, 0.3) is 0 Å². The van der Waals surface area contributed by atoms with E-state index < -0.39 is 17.3 Å². The number of carbonyl (C=O) groups is 1. The SMILES string of the molecule is CN1CCC(O)(CCNC(=O)c2cc(Cl)ccc2F)CC1. The molecule has 1 aliphatic rings. The van der Waals surface area contributed by atoms with Crippen LogP contribution in [0.5, 0.6) is 0 Å². The van der Waals surface area contributed by atoms with Crippen molar-refractivity contribution in [2.24, 2.45) is 0 Å². The standard InChI is InChI=1S/C15H20ClFN2O2/c1-19-8-5-15(21,6-9-19)4-7-18-14(20)12-10-11(16)2-3-13(12)17/h2-3,10,21H,4-9H2,1H3,(H,18,20). The van der Waals surface area contributed by atoms with Crippen LogP contribution >= 0.6 is 11.6 Å². The van der Waals surface area contributed by atoms with Gasteiger partial charge in [0, 0.05) is 24.7 Å². The largest absolute Gasteiger partial charge is 0.390 e. The van der Waals surface area contributed by atoms with E-state index in [-0.39, 0.29) is 5.56 Å². The van der Waals surface area contributed by atoms with E-state index in [2.05, 4.69) is 10.2 Å². The van der Waals surface area contributed by atoms with Crippen LogP contribution in [0.1, 0.15) is 29.6 Å². The zero-order valence-corrected chi connectivity index (χ0v) is 12.8. The number of piperidine rings is 1. The molecule has 2 rings (SSSR count). The minimum Gasteiger partial charge on any atom is -0.390 e. The molecule has 2 N–H and O–H groups in total. The molecule has 0 spiro atoms. The van der Waals surface area contributed by atoms with Gasteiger partial charge >= 0.3 is 0 Å². The second-order valence-electron chi connectivity index (χ2n) is 5.66. The van der Waals surface area contributed by atoms with E-state index in [0.717, 1.165) is 13.1 Å². The fraction of sp³-hybridized carbons (Fsp3) is 0.533. The maximum atomic E-state index is 13.5. The number of aliphatic hydroxyl groups is 1. The van der Waals surface area contributed by atoms with Gasteiger partial charge in [0.15, 0.2) is 0 Å². The summed E-state index contributed by atoms with van der Waals surface area (Å²) in [4.78, 5) is 14.1. The lowest BCUT2D eigenvalue weighted by Crippen LogP contribution is -2.44. The first-order valence-electron chi connectivity index (χ1n) is 7.04. The first-order valence-corrected chi connectivity index (χ1v) is 7.42. The van der Waals surface area contributed by atoms with Crippen LogP contribution in [0.4, 0.5) is 4.39 Å². The molecule has 1 heterocycles. The maximum Gasteiger partial charge on any atom is 0.254 e. The van der Waals surface area contributed by atoms with Crippen LogP contribution < -0.4 is 5.32 Å². The van der Waals surface area contributed by atoms with Gasteiger partial charge in [0.1, 0.15) is 5.82 Å². The summed E-state index contributed by atoms with van der Waals surface area (Å²) in [7, 11) is 2.02. The number of benzene rings is 1. The Hall–Kier alpha value is -1.17. The second-order valence-corrected chi connectivity index (χ2v) is 6.09. The fourth-order valence-corrected chi connectivity index (χ4v) is 2.63. The van der Waals surface area contributed by atoms with Crippen molar-refractivity contribution in [1.82, 2.24) is 10.2 Å². The van der Waals surface area contributed by atoms with Gasteiger partial charge in [-0.3, -0.25) is 4.79 Å². The summed E-state index contributed by atoms with van der Waals surface area (Å²) in [5.41, 5.74) is -0.815. The number of amides is 1. The Labute approximate surface area is 128 Å². The van der Waals surface area contributed by atoms with Gasteiger partial charge in [-0.1, -0.05) is 11.6 Å². The van der Waals surface area contributed by atoms with Gasteiger partial charge in [0.05, 0.1) is 11.2 Å². The minimum atomic E-state index is -0.743. The van der Waals surface area contributed by atoms with Gasteiger partial charge in [-0.2, -0.15) is 0 Å². The Morgan fingerprint density at radius 2 is 2.14 bits per heavy atom. The second kappa shape index (κ2) is 6.73. The van der Waals surface area contributed by atoms with Crippen molar-refractivity contribution in [1.29, 1.82) is 0 Å². The molecule has 0 bridgehead atoms. The van der Waals surface area contributed by atoms with Gasteiger partial charge in [0.2, 0.25) is 0 Å². The molecule has 116 valence electrons. The summed E-state index contributed by atoms with van der Waals surface area (Å²) < 4.78 is 13.5. The smallest absolute Gasteiger partial charge is 0.254 e. The van der Waals surface area contributed by atoms with Crippen LogP contribution in [-0.4, -0.2) is 48.2 Å². The summed E-state index contributed by atoms with van der Waals surface area (Å²) in [6.07, 6.45) is 1.84. The number of halogens is 2. The molecule has 1 aliphatic heterocycles. The predicted molar refractivity (Wildman–Crippen MR) is 80.0 cm³/mol. The predicted octanol–water partition coefficient (Wildman–Crippen LogP) is 2.06. The zero-order valence-electron chi connectivity index (χ0n) is 12.0. The molecule has 0 aliphatic carbocycles. The molecular formula is C15H20ClFN2O2. The third-order valence-corrected chi connectivity index (χ3v) is 4.20. The van der Waals surface area contributed by atoms with Crippen LogP contribution in [-0.2, 0) is 0 Å². The van der Waals surface area contributed by atoms with E-state index in [1.165, 1.54) is 18.2 Å². The number of likely N-dealkylation sites (tertiary alicyclic amines) is 1. The average Bonchev–Trinajstić information content (AvgIpc) is 2.45. The van der Waals surface area contributed by atoms with E-state index >= 15 is 0 Å². The van der Waals surface area contributed by atoms with Gasteiger partial charge in [-0.15, -0.1) is 0 Å². The van der Waals surface area contributed by atoms with Gasteiger partial charge in [0.25, 0.3) is 5.91 Å². The lowest BCUT2D eigenvalue weighted by Gasteiger charge is -2.36. The Balaban J connectivity index is 1.85. The number of carbonyl (C=O) groups excluding carboxylic acids is 1. The number of rotatable bonds is 4. The lowest BCUT2D eigenvalue weighted by atomic mass is 9.88. The van der Waals surface area contributed by atoms with E-state index in [9.17, 15) is 14.3 Å². The van der Waals surface area contributed by atoms with Crippen molar-refractivity contribution in [2.45, 2.75) is 24.9 Å². The minimum absolute atomic E-state index is 0.0714. The Bertz CT molecular complexity index is 516. The lowest BCUT2D eigenvalue weighted by molar-refractivity contribution is -0.0214. The summed E-state index contributed by atoms with van der Waals surface area (Å²) in [5.74, 6) is -1.11. The van der Waals surface area contributed by atoms with Crippen molar-refractivity contribution < 1.29 is 14.3 Å². The molecule has 6 heteroatoms. The zero-order chi connectivity index (χ0) is 15.5.